The molecule has 0 unspecified atom stereocenters. The molecular weight excluding hydrogens is 686 g/mol. The van der Waals surface area contributed by atoms with E-state index < -0.39 is 40.2 Å². The summed E-state index contributed by atoms with van der Waals surface area (Å²) in [7, 11) is 0. The predicted octanol–water partition coefficient (Wildman–Crippen LogP) is 8.12. The highest BCUT2D eigenvalue weighted by Crippen LogP contribution is 2.42. The Labute approximate surface area is 283 Å². The predicted molar refractivity (Wildman–Crippen MR) is 176 cm³/mol. The largest absolute Gasteiger partial charge is 0.491 e. The molecule has 0 aliphatic rings. The molecule has 6 aromatic rings. The van der Waals surface area contributed by atoms with Crippen LogP contribution in [-0.4, -0.2) is 37.2 Å². The second-order valence-electron chi connectivity index (χ2n) is 11.0. The number of nitrogens with zero attached hydrogens (tertiary/aromatic N) is 5. The van der Waals surface area contributed by atoms with E-state index in [1.807, 2.05) is 0 Å². The van der Waals surface area contributed by atoms with Gasteiger partial charge in [0.15, 0.2) is 0 Å². The van der Waals surface area contributed by atoms with Gasteiger partial charge in [0.05, 0.1) is 55.7 Å². The second-order valence-corrected chi connectivity index (χ2v) is 12.3. The van der Waals surface area contributed by atoms with Crippen molar-refractivity contribution in [3.05, 3.63) is 103 Å². The lowest BCUT2D eigenvalue weighted by Gasteiger charge is -2.18. The van der Waals surface area contributed by atoms with E-state index in [0.29, 0.717) is 43.9 Å². The molecule has 6 rings (SSSR count). The van der Waals surface area contributed by atoms with Gasteiger partial charge in [-0.3, -0.25) is 19.3 Å². The fraction of sp³-hybridized carbons (Fsp3) is 0.176. The van der Waals surface area contributed by atoms with Crippen molar-refractivity contribution in [2.75, 3.05) is 6.61 Å². The highest BCUT2D eigenvalue weighted by Gasteiger charge is 2.37. The Kier molecular flexibility index (Phi) is 8.60. The molecule has 0 atom stereocenters. The van der Waals surface area contributed by atoms with E-state index >= 15 is 0 Å². The van der Waals surface area contributed by atoms with Crippen molar-refractivity contribution >= 4 is 50.0 Å². The van der Waals surface area contributed by atoms with Gasteiger partial charge in [-0.2, -0.15) is 18.4 Å². The summed E-state index contributed by atoms with van der Waals surface area (Å²) in [5.74, 6) is -1.44. The number of carbonyl (C=O) groups is 1. The van der Waals surface area contributed by atoms with Crippen molar-refractivity contribution in [2.45, 2.75) is 33.5 Å². The minimum atomic E-state index is -4.95. The molecule has 0 aliphatic heterocycles. The van der Waals surface area contributed by atoms with Crippen LogP contribution in [0.25, 0.3) is 43.5 Å². The van der Waals surface area contributed by atoms with Crippen LogP contribution in [0, 0.1) is 37.9 Å². The standard InChI is InChI=1S/C34H22ClF4N5O4S/c1-15-10-20(31-30(41-15)22(14-49-31)33(46)47)19-11-18(35)4-7-27(19)48-9-8-44-17(3)43-26-12-23(34(37,38)39)28(21(13-40)29(26)32(44)45)25-6-5-24(36)16(2)42-25/h4-7,10-12,14H,8-9H2,1-3H3,(H,46,47). The third-order valence-corrected chi connectivity index (χ3v) is 9.06. The fourth-order valence-corrected chi connectivity index (χ4v) is 6.80. The fourth-order valence-electron chi connectivity index (χ4n) is 5.61. The van der Waals surface area contributed by atoms with E-state index in [2.05, 4.69) is 15.0 Å². The van der Waals surface area contributed by atoms with E-state index in [1.54, 1.807) is 37.3 Å². The number of aromatic nitrogens is 4. The zero-order chi connectivity index (χ0) is 35.4. The lowest BCUT2D eigenvalue weighted by molar-refractivity contribution is -0.137. The average molecular weight is 708 g/mol. The van der Waals surface area contributed by atoms with Crippen molar-refractivity contribution in [2.24, 2.45) is 0 Å². The number of fused-ring (bicyclic) bond motifs is 2. The molecule has 9 nitrogen and oxygen atoms in total. The number of carboxylic acids is 1. The summed E-state index contributed by atoms with van der Waals surface area (Å²) in [5, 5.41) is 21.3. The summed E-state index contributed by atoms with van der Waals surface area (Å²) in [6.45, 7) is 4.22. The quantitative estimate of drug-likeness (QED) is 0.165. The van der Waals surface area contributed by atoms with Crippen molar-refractivity contribution in [1.82, 2.24) is 19.5 Å². The van der Waals surface area contributed by atoms with Gasteiger partial charge in [-0.25, -0.2) is 14.2 Å². The first-order chi connectivity index (χ1) is 23.2. The molecule has 0 fully saturated rings. The van der Waals surface area contributed by atoms with E-state index in [-0.39, 0.29) is 46.8 Å². The maximum atomic E-state index is 14.3. The van der Waals surface area contributed by atoms with Crippen LogP contribution in [0.2, 0.25) is 5.02 Å². The molecule has 0 spiro atoms. The molecule has 248 valence electrons. The summed E-state index contributed by atoms with van der Waals surface area (Å²) < 4.78 is 64.8. The molecule has 0 saturated heterocycles. The number of alkyl halides is 3. The number of aromatic carboxylic acids is 1. The van der Waals surface area contributed by atoms with Crippen LogP contribution in [0.4, 0.5) is 17.6 Å². The first-order valence-corrected chi connectivity index (χ1v) is 15.7. The van der Waals surface area contributed by atoms with Crippen LogP contribution < -0.4 is 10.3 Å². The Hall–Kier alpha value is -5.39. The van der Waals surface area contributed by atoms with Crippen LogP contribution in [0.3, 0.4) is 0 Å². The van der Waals surface area contributed by atoms with Gasteiger partial charge in [0.2, 0.25) is 0 Å². The average Bonchev–Trinajstić information content (AvgIpc) is 3.47. The number of aryl methyl sites for hydroxylation is 3. The van der Waals surface area contributed by atoms with Crippen molar-refractivity contribution in [1.29, 1.82) is 5.26 Å². The number of hydrogen-bond acceptors (Lipinski definition) is 8. The van der Waals surface area contributed by atoms with Gasteiger partial charge in [0, 0.05) is 32.8 Å². The molecule has 0 amide bonds. The van der Waals surface area contributed by atoms with E-state index in [4.69, 9.17) is 16.3 Å². The van der Waals surface area contributed by atoms with Crippen LogP contribution >= 0.6 is 22.9 Å². The first-order valence-electron chi connectivity index (χ1n) is 14.4. The second kappa shape index (κ2) is 12.6. The van der Waals surface area contributed by atoms with E-state index in [9.17, 15) is 37.5 Å². The number of benzene rings is 2. The normalized spacial score (nSPS) is 11.7. The van der Waals surface area contributed by atoms with Crippen molar-refractivity contribution in [3.63, 3.8) is 0 Å². The Morgan fingerprint density at radius 3 is 2.51 bits per heavy atom. The third kappa shape index (κ3) is 6.07. The summed E-state index contributed by atoms with van der Waals surface area (Å²) in [5.41, 5.74) is -1.99. The minimum Gasteiger partial charge on any atom is -0.491 e. The topological polar surface area (TPSA) is 131 Å². The number of thiophene rings is 1. The molecule has 0 bridgehead atoms. The molecule has 0 saturated carbocycles. The number of halogens is 5. The number of pyridine rings is 2. The Bertz CT molecular complexity index is 2450. The van der Waals surface area contributed by atoms with Crippen LogP contribution in [0.1, 0.15) is 38.7 Å². The molecule has 0 aliphatic carbocycles. The van der Waals surface area contributed by atoms with E-state index in [1.165, 1.54) is 35.1 Å². The van der Waals surface area contributed by atoms with Crippen LogP contribution in [0.15, 0.2) is 52.6 Å². The maximum absolute atomic E-state index is 14.3. The van der Waals surface area contributed by atoms with Gasteiger partial charge in [0.1, 0.15) is 30.1 Å². The Balaban J connectivity index is 1.42. The maximum Gasteiger partial charge on any atom is 0.417 e. The molecule has 4 heterocycles. The molecular formula is C34H22ClF4N5O4S. The van der Waals surface area contributed by atoms with Gasteiger partial charge in [-0.05, 0) is 63.2 Å². The van der Waals surface area contributed by atoms with Crippen molar-refractivity contribution < 1.29 is 32.2 Å². The smallest absolute Gasteiger partial charge is 0.417 e. The van der Waals surface area contributed by atoms with Gasteiger partial charge >= 0.3 is 12.1 Å². The zero-order valence-corrected chi connectivity index (χ0v) is 27.3. The van der Waals surface area contributed by atoms with Gasteiger partial charge in [-0.1, -0.05) is 11.6 Å². The summed E-state index contributed by atoms with van der Waals surface area (Å²) in [6.07, 6.45) is -4.95. The zero-order valence-electron chi connectivity index (χ0n) is 25.7. The number of hydrogen-bond donors (Lipinski definition) is 1. The summed E-state index contributed by atoms with van der Waals surface area (Å²) in [4.78, 5) is 38.3. The highest BCUT2D eigenvalue weighted by atomic mass is 35.5. The van der Waals surface area contributed by atoms with Crippen LogP contribution in [-0.2, 0) is 12.7 Å². The molecule has 1 N–H and O–H groups in total. The first kappa shape index (κ1) is 33.5. The Morgan fingerprint density at radius 1 is 1.08 bits per heavy atom. The van der Waals surface area contributed by atoms with E-state index in [0.717, 1.165) is 12.1 Å². The lowest BCUT2D eigenvalue weighted by Crippen LogP contribution is -2.27. The van der Waals surface area contributed by atoms with Gasteiger partial charge in [0.25, 0.3) is 5.56 Å². The van der Waals surface area contributed by atoms with Crippen LogP contribution in [0.5, 0.6) is 5.75 Å². The van der Waals surface area contributed by atoms with Gasteiger partial charge in [-0.15, -0.1) is 11.3 Å². The molecule has 49 heavy (non-hydrogen) atoms. The third-order valence-electron chi connectivity index (χ3n) is 7.82. The van der Waals surface area contributed by atoms with Crippen molar-refractivity contribution in [3.8, 4) is 34.2 Å². The monoisotopic (exact) mass is 707 g/mol. The SMILES string of the molecule is Cc1cc(-c2cc(Cl)ccc2OCCn2c(C)nc3cc(C(F)(F)F)c(-c4ccc(F)c(C)n4)c(C#N)c3c2=O)c2scc(C(=O)O)c2n1. The molecule has 0 radical (unpaired) electrons. The summed E-state index contributed by atoms with van der Waals surface area (Å²) in [6, 6.07) is 11.1. The summed E-state index contributed by atoms with van der Waals surface area (Å²) >= 11 is 7.55. The number of carboxylic acid groups (broad SMARTS) is 1. The number of nitriles is 1. The number of ether oxygens (including phenoxy) is 1. The highest BCUT2D eigenvalue weighted by molar-refractivity contribution is 7.18. The molecule has 2 aromatic carbocycles. The molecule has 15 heteroatoms. The molecule has 4 aromatic heterocycles. The lowest BCUT2D eigenvalue weighted by atomic mass is 9.94. The Morgan fingerprint density at radius 2 is 1.84 bits per heavy atom. The minimum absolute atomic E-state index is 0.0562. The van der Waals surface area contributed by atoms with Gasteiger partial charge < -0.3 is 9.84 Å². The number of rotatable bonds is 7.